The lowest BCUT2D eigenvalue weighted by molar-refractivity contribution is -0.139. The Morgan fingerprint density at radius 1 is 1.45 bits per heavy atom. The first kappa shape index (κ1) is 15.6. The number of esters is 1. The van der Waals surface area contributed by atoms with Crippen molar-refractivity contribution in [3.05, 3.63) is 40.9 Å². The van der Waals surface area contributed by atoms with Crippen LogP contribution in [0, 0.1) is 0 Å². The molecule has 0 bridgehead atoms. The topological polar surface area (TPSA) is 46.6 Å². The molecular weight excluding hydrogens is 322 g/mol. The maximum absolute atomic E-state index is 12.3. The Morgan fingerprint density at radius 2 is 2.23 bits per heavy atom. The molecule has 2 heterocycles. The average Bonchev–Trinajstić information content (AvgIpc) is 2.87. The van der Waals surface area contributed by atoms with Gasteiger partial charge in [-0.15, -0.1) is 0 Å². The zero-order valence-corrected chi connectivity index (χ0v) is 13.7. The average molecular weight is 338 g/mol. The number of carbonyl (C=O) groups excluding carboxylic acids is 2. The third kappa shape index (κ3) is 3.21. The van der Waals surface area contributed by atoms with E-state index >= 15 is 0 Å². The van der Waals surface area contributed by atoms with Gasteiger partial charge in [0.05, 0.1) is 5.02 Å². The van der Waals surface area contributed by atoms with Crippen LogP contribution in [0.15, 0.2) is 35.9 Å². The van der Waals surface area contributed by atoms with Crippen LogP contribution in [0.3, 0.4) is 0 Å². The molecule has 2 atom stereocenters. The molecule has 2 unspecified atom stereocenters. The quantitative estimate of drug-likeness (QED) is 0.627. The zero-order chi connectivity index (χ0) is 15.7. The van der Waals surface area contributed by atoms with Crippen molar-refractivity contribution in [2.24, 2.45) is 0 Å². The van der Waals surface area contributed by atoms with Crippen molar-refractivity contribution in [2.75, 3.05) is 13.1 Å². The Morgan fingerprint density at radius 3 is 3.00 bits per heavy atom. The minimum absolute atomic E-state index is 0.119. The van der Waals surface area contributed by atoms with E-state index in [4.69, 9.17) is 16.3 Å². The van der Waals surface area contributed by atoms with Crippen LogP contribution >= 0.6 is 23.4 Å². The van der Waals surface area contributed by atoms with Crippen molar-refractivity contribution in [2.45, 2.75) is 24.6 Å². The van der Waals surface area contributed by atoms with Crippen LogP contribution in [-0.2, 0) is 9.59 Å². The number of fused-ring (bicyclic) bond motifs is 1. The molecule has 0 aromatic heterocycles. The molecule has 4 nitrogen and oxygen atoms in total. The van der Waals surface area contributed by atoms with Gasteiger partial charge in [-0.1, -0.05) is 35.5 Å². The Labute approximate surface area is 138 Å². The van der Waals surface area contributed by atoms with Crippen molar-refractivity contribution in [3.63, 3.8) is 0 Å². The normalized spacial score (nSPS) is 22.9. The van der Waals surface area contributed by atoms with Crippen LogP contribution in [0.5, 0.6) is 5.75 Å². The molecule has 2 aliphatic rings. The van der Waals surface area contributed by atoms with E-state index in [9.17, 15) is 9.59 Å². The molecule has 0 spiro atoms. The monoisotopic (exact) mass is 337 g/mol. The summed E-state index contributed by atoms with van der Waals surface area (Å²) in [6.45, 7) is 3.24. The van der Waals surface area contributed by atoms with Crippen molar-refractivity contribution < 1.29 is 14.3 Å². The van der Waals surface area contributed by atoms with Crippen LogP contribution in [0.2, 0.25) is 5.02 Å². The number of benzene rings is 1. The van der Waals surface area contributed by atoms with Gasteiger partial charge >= 0.3 is 5.97 Å². The number of nitrogens with zero attached hydrogens (tertiary/aromatic N) is 1. The molecule has 1 saturated heterocycles. The molecule has 0 saturated carbocycles. The van der Waals surface area contributed by atoms with E-state index in [1.165, 1.54) is 11.8 Å². The summed E-state index contributed by atoms with van der Waals surface area (Å²) in [5, 5.41) is 0.825. The number of piperidine rings is 1. The highest BCUT2D eigenvalue weighted by molar-refractivity contribution is 8.15. The molecule has 0 aliphatic carbocycles. The Kier molecular flexibility index (Phi) is 4.57. The fourth-order valence-corrected chi connectivity index (χ4v) is 3.87. The molecule has 3 rings (SSSR count). The van der Waals surface area contributed by atoms with Crippen molar-refractivity contribution in [1.29, 1.82) is 0 Å². The highest BCUT2D eigenvalue weighted by Gasteiger charge is 2.34. The highest BCUT2D eigenvalue weighted by Crippen LogP contribution is 2.35. The molecule has 0 amide bonds. The highest BCUT2D eigenvalue weighted by atomic mass is 35.5. The predicted octanol–water partition coefficient (Wildman–Crippen LogP) is 2.91. The van der Waals surface area contributed by atoms with Gasteiger partial charge in [0.25, 0.3) is 0 Å². The number of hydrogen-bond acceptors (Lipinski definition) is 5. The van der Waals surface area contributed by atoms with Gasteiger partial charge in [-0.05, 0) is 37.1 Å². The van der Waals surface area contributed by atoms with E-state index in [0.717, 1.165) is 18.5 Å². The number of carbonyl (C=O) groups is 2. The summed E-state index contributed by atoms with van der Waals surface area (Å²) >= 11 is 7.39. The van der Waals surface area contributed by atoms with Crippen molar-refractivity contribution in [3.8, 4) is 5.75 Å². The number of ether oxygens (including phenoxy) is 1. The summed E-state index contributed by atoms with van der Waals surface area (Å²) in [4.78, 5) is 25.8. The van der Waals surface area contributed by atoms with E-state index in [1.54, 1.807) is 30.3 Å². The predicted molar refractivity (Wildman–Crippen MR) is 87.2 cm³/mol. The summed E-state index contributed by atoms with van der Waals surface area (Å²) in [6, 6.07) is 6.55. The number of hydrogen-bond donors (Lipinski definition) is 0. The second-order valence-corrected chi connectivity index (χ2v) is 7.05. The van der Waals surface area contributed by atoms with Crippen LogP contribution in [0.1, 0.15) is 13.3 Å². The molecule has 6 heteroatoms. The first-order chi connectivity index (χ1) is 10.5. The number of likely N-dealkylation sites (tertiary alicyclic amines) is 1. The SMILES string of the molecule is CC(C(=O)Oc1ccccc1Cl)N1CCC2SC(=O)C=C2C1. The first-order valence-corrected chi connectivity index (χ1v) is 8.41. The third-order valence-electron chi connectivity index (χ3n) is 3.98. The van der Waals surface area contributed by atoms with Gasteiger partial charge in [0.2, 0.25) is 5.12 Å². The fourth-order valence-electron chi connectivity index (χ4n) is 2.68. The van der Waals surface area contributed by atoms with Gasteiger partial charge in [0.1, 0.15) is 11.8 Å². The second-order valence-electron chi connectivity index (χ2n) is 5.43. The molecule has 116 valence electrons. The molecule has 1 fully saturated rings. The summed E-state index contributed by atoms with van der Waals surface area (Å²) in [5.41, 5.74) is 1.11. The van der Waals surface area contributed by atoms with Crippen molar-refractivity contribution in [1.82, 2.24) is 4.90 Å². The third-order valence-corrected chi connectivity index (χ3v) is 5.46. The van der Waals surface area contributed by atoms with Crippen LogP contribution < -0.4 is 4.74 Å². The minimum Gasteiger partial charge on any atom is -0.424 e. The zero-order valence-electron chi connectivity index (χ0n) is 12.1. The number of para-hydroxylation sites is 1. The second kappa shape index (κ2) is 6.44. The lowest BCUT2D eigenvalue weighted by Gasteiger charge is -2.34. The Balaban J connectivity index is 1.65. The van der Waals surface area contributed by atoms with E-state index in [-0.39, 0.29) is 22.4 Å². The van der Waals surface area contributed by atoms with E-state index < -0.39 is 0 Å². The maximum atomic E-state index is 12.3. The maximum Gasteiger partial charge on any atom is 0.328 e. The molecule has 0 radical (unpaired) electrons. The summed E-state index contributed by atoms with van der Waals surface area (Å²) in [7, 11) is 0. The van der Waals surface area contributed by atoms with Gasteiger partial charge in [-0.3, -0.25) is 9.69 Å². The number of rotatable bonds is 3. The van der Waals surface area contributed by atoms with Gasteiger partial charge in [0.15, 0.2) is 0 Å². The molecule has 22 heavy (non-hydrogen) atoms. The molecule has 1 aromatic rings. The van der Waals surface area contributed by atoms with Gasteiger partial charge in [-0.25, -0.2) is 4.79 Å². The molecule has 1 aromatic carbocycles. The summed E-state index contributed by atoms with van der Waals surface area (Å²) in [5.74, 6) is 0.0471. The number of thioether (sulfide) groups is 1. The first-order valence-electron chi connectivity index (χ1n) is 7.16. The van der Waals surface area contributed by atoms with Crippen LogP contribution in [0.4, 0.5) is 0 Å². The van der Waals surface area contributed by atoms with E-state index in [0.29, 0.717) is 17.3 Å². The van der Waals surface area contributed by atoms with Crippen LogP contribution in [0.25, 0.3) is 0 Å². The lowest BCUT2D eigenvalue weighted by Crippen LogP contribution is -2.46. The van der Waals surface area contributed by atoms with Gasteiger partial charge < -0.3 is 4.74 Å². The lowest BCUT2D eigenvalue weighted by atomic mass is 10.0. The Bertz CT molecular complexity index is 646. The van der Waals surface area contributed by atoms with Gasteiger partial charge in [0, 0.05) is 18.3 Å². The molecule has 0 N–H and O–H groups in total. The van der Waals surface area contributed by atoms with Crippen molar-refractivity contribution >= 4 is 34.4 Å². The number of halogens is 1. The standard InChI is InChI=1S/C16H16ClNO3S/c1-10(16(20)21-13-5-3-2-4-12(13)17)18-7-6-14-11(9-18)8-15(19)22-14/h2-5,8,10,14H,6-7,9H2,1H3. The van der Waals surface area contributed by atoms with E-state index in [2.05, 4.69) is 0 Å². The summed E-state index contributed by atoms with van der Waals surface area (Å²) < 4.78 is 5.39. The molecule has 2 aliphatic heterocycles. The smallest absolute Gasteiger partial charge is 0.328 e. The van der Waals surface area contributed by atoms with E-state index in [1.807, 2.05) is 11.8 Å². The van der Waals surface area contributed by atoms with Crippen LogP contribution in [-0.4, -0.2) is 40.4 Å². The largest absolute Gasteiger partial charge is 0.424 e. The minimum atomic E-state index is -0.376. The molecular formula is C16H16ClNO3S. The fraction of sp³-hybridized carbons (Fsp3) is 0.375. The summed E-state index contributed by atoms with van der Waals surface area (Å²) in [6.07, 6.45) is 2.58. The van der Waals surface area contributed by atoms with Gasteiger partial charge in [-0.2, -0.15) is 0 Å². The Hall–Kier alpha value is -1.30.